The number of nitrogens with one attached hydrogen (secondary N) is 1. The molecule has 0 aromatic heterocycles. The average molecular weight is 204 g/mol. The van der Waals surface area contributed by atoms with E-state index in [0.29, 0.717) is 0 Å². The van der Waals surface area contributed by atoms with Crippen LogP contribution < -0.4 is 5.32 Å². The summed E-state index contributed by atoms with van der Waals surface area (Å²) in [6.45, 7) is 3.84. The van der Waals surface area contributed by atoms with Crippen LogP contribution in [0.4, 0.5) is 0 Å². The van der Waals surface area contributed by atoms with Crippen LogP contribution in [0.25, 0.3) is 0 Å². The van der Waals surface area contributed by atoms with E-state index in [2.05, 4.69) is 17.9 Å². The molecule has 0 atom stereocenters. The van der Waals surface area contributed by atoms with Gasteiger partial charge in [-0.1, -0.05) is 0 Å². The largest absolute Gasteiger partial charge is 0.352 e. The number of carbonyl (C=O) groups is 2. The van der Waals surface area contributed by atoms with Crippen LogP contribution >= 0.6 is 12.6 Å². The van der Waals surface area contributed by atoms with Gasteiger partial charge >= 0.3 is 0 Å². The lowest BCUT2D eigenvalue weighted by Gasteiger charge is -2.16. The first kappa shape index (κ1) is 12.3. The van der Waals surface area contributed by atoms with Crippen molar-refractivity contribution < 1.29 is 9.59 Å². The summed E-state index contributed by atoms with van der Waals surface area (Å²) in [5.74, 6) is -0.166. The summed E-state index contributed by atoms with van der Waals surface area (Å²) in [6.07, 6.45) is 0. The summed E-state index contributed by atoms with van der Waals surface area (Å²) in [5, 5.41) is 2.69. The summed E-state index contributed by atoms with van der Waals surface area (Å²) in [4.78, 5) is 23.5. The van der Waals surface area contributed by atoms with E-state index in [1.165, 1.54) is 4.90 Å². The first-order valence-corrected chi connectivity index (χ1v) is 4.74. The molecule has 0 rings (SSSR count). The van der Waals surface area contributed by atoms with E-state index in [-0.39, 0.29) is 30.2 Å². The van der Waals surface area contributed by atoms with E-state index in [1.54, 1.807) is 7.05 Å². The van der Waals surface area contributed by atoms with Crippen molar-refractivity contribution in [1.29, 1.82) is 0 Å². The van der Waals surface area contributed by atoms with Gasteiger partial charge in [0.15, 0.2) is 0 Å². The molecule has 1 N–H and O–H groups in total. The van der Waals surface area contributed by atoms with Crippen LogP contribution in [0.1, 0.15) is 13.8 Å². The predicted molar refractivity (Wildman–Crippen MR) is 54.8 cm³/mol. The standard InChI is InChI=1S/C8H16N2O2S/c1-6(2)9-7(11)4-10(3)8(12)5-13/h6,13H,4-5H2,1-3H3,(H,9,11). The van der Waals surface area contributed by atoms with Crippen molar-refractivity contribution in [3.05, 3.63) is 0 Å². The lowest BCUT2D eigenvalue weighted by Crippen LogP contribution is -2.41. The van der Waals surface area contributed by atoms with Crippen molar-refractivity contribution in [2.75, 3.05) is 19.3 Å². The quantitative estimate of drug-likeness (QED) is 0.628. The maximum Gasteiger partial charge on any atom is 0.239 e. The Labute approximate surface area is 84.1 Å². The Morgan fingerprint density at radius 3 is 2.38 bits per heavy atom. The molecule has 0 heterocycles. The summed E-state index contributed by atoms with van der Waals surface area (Å²) < 4.78 is 0. The van der Waals surface area contributed by atoms with E-state index >= 15 is 0 Å². The molecule has 0 aliphatic heterocycles. The van der Waals surface area contributed by atoms with Crippen LogP contribution in [0, 0.1) is 0 Å². The highest BCUT2D eigenvalue weighted by molar-refractivity contribution is 7.81. The van der Waals surface area contributed by atoms with Crippen LogP contribution in [0.15, 0.2) is 0 Å². The third kappa shape index (κ3) is 5.52. The SMILES string of the molecule is CC(C)NC(=O)CN(C)C(=O)CS. The monoisotopic (exact) mass is 204 g/mol. The Morgan fingerprint density at radius 1 is 1.46 bits per heavy atom. The van der Waals surface area contributed by atoms with Crippen LogP contribution in [-0.2, 0) is 9.59 Å². The normalized spacial score (nSPS) is 9.92. The third-order valence-corrected chi connectivity index (χ3v) is 1.66. The van der Waals surface area contributed by atoms with Crippen LogP contribution in [0.5, 0.6) is 0 Å². The fourth-order valence-electron chi connectivity index (χ4n) is 0.792. The first-order valence-electron chi connectivity index (χ1n) is 4.11. The Hall–Kier alpha value is -0.710. The molecule has 0 aliphatic carbocycles. The lowest BCUT2D eigenvalue weighted by molar-refractivity contribution is -0.132. The zero-order valence-corrected chi connectivity index (χ0v) is 9.10. The molecule has 0 saturated heterocycles. The maximum atomic E-state index is 11.2. The van der Waals surface area contributed by atoms with Crippen LogP contribution in [0.3, 0.4) is 0 Å². The van der Waals surface area contributed by atoms with Gasteiger partial charge in [0.05, 0.1) is 12.3 Å². The fraction of sp³-hybridized carbons (Fsp3) is 0.750. The van der Waals surface area contributed by atoms with Gasteiger partial charge in [-0.25, -0.2) is 0 Å². The van der Waals surface area contributed by atoms with Gasteiger partial charge in [0.25, 0.3) is 0 Å². The maximum absolute atomic E-state index is 11.2. The third-order valence-electron chi connectivity index (χ3n) is 1.39. The van der Waals surface area contributed by atoms with Gasteiger partial charge in [-0.05, 0) is 13.8 Å². The fourth-order valence-corrected chi connectivity index (χ4v) is 1.03. The van der Waals surface area contributed by atoms with Gasteiger partial charge < -0.3 is 10.2 Å². The van der Waals surface area contributed by atoms with E-state index < -0.39 is 0 Å². The zero-order valence-electron chi connectivity index (χ0n) is 8.20. The predicted octanol–water partition coefficient (Wildman–Crippen LogP) is -0.101. The molecule has 0 saturated carbocycles. The number of nitrogens with zero attached hydrogens (tertiary/aromatic N) is 1. The van der Waals surface area contributed by atoms with E-state index in [9.17, 15) is 9.59 Å². The van der Waals surface area contributed by atoms with Gasteiger partial charge in [-0.2, -0.15) is 12.6 Å². The number of hydrogen-bond donors (Lipinski definition) is 2. The molecule has 0 unspecified atom stereocenters. The average Bonchev–Trinajstić information content (AvgIpc) is 2.01. The van der Waals surface area contributed by atoms with Crippen molar-refractivity contribution in [3.8, 4) is 0 Å². The van der Waals surface area contributed by atoms with Crippen molar-refractivity contribution in [3.63, 3.8) is 0 Å². The molecule has 0 fully saturated rings. The highest BCUT2D eigenvalue weighted by Crippen LogP contribution is 1.88. The molecular weight excluding hydrogens is 188 g/mol. The molecule has 76 valence electrons. The zero-order chi connectivity index (χ0) is 10.4. The molecule has 0 aromatic rings. The molecule has 0 radical (unpaired) electrons. The highest BCUT2D eigenvalue weighted by atomic mass is 32.1. The van der Waals surface area contributed by atoms with Gasteiger partial charge in [0.2, 0.25) is 11.8 Å². The number of likely N-dealkylation sites (N-methyl/N-ethyl adjacent to an activating group) is 1. The van der Waals surface area contributed by atoms with Crippen molar-refractivity contribution in [1.82, 2.24) is 10.2 Å². The van der Waals surface area contributed by atoms with Crippen molar-refractivity contribution in [2.24, 2.45) is 0 Å². The lowest BCUT2D eigenvalue weighted by atomic mass is 10.4. The van der Waals surface area contributed by atoms with Crippen molar-refractivity contribution in [2.45, 2.75) is 19.9 Å². The topological polar surface area (TPSA) is 49.4 Å². The Kier molecular flexibility index (Phi) is 5.53. The Bertz CT molecular complexity index is 195. The second kappa shape index (κ2) is 5.85. The summed E-state index contributed by atoms with van der Waals surface area (Å²) >= 11 is 3.82. The summed E-state index contributed by atoms with van der Waals surface area (Å²) in [6, 6.07) is 0.104. The van der Waals surface area contributed by atoms with Gasteiger partial charge in [-0.15, -0.1) is 0 Å². The smallest absolute Gasteiger partial charge is 0.239 e. The number of rotatable bonds is 4. The minimum absolute atomic E-state index is 0.0948. The number of carbonyl (C=O) groups excluding carboxylic acids is 2. The van der Waals surface area contributed by atoms with Gasteiger partial charge in [0, 0.05) is 13.1 Å². The number of thiol groups is 1. The second-order valence-electron chi connectivity index (χ2n) is 3.13. The minimum atomic E-state index is -0.151. The highest BCUT2D eigenvalue weighted by Gasteiger charge is 2.11. The molecule has 5 heteroatoms. The van der Waals surface area contributed by atoms with Gasteiger partial charge in [-0.3, -0.25) is 9.59 Å². The van der Waals surface area contributed by atoms with E-state index in [4.69, 9.17) is 0 Å². The summed E-state index contributed by atoms with van der Waals surface area (Å²) in [7, 11) is 1.58. The van der Waals surface area contributed by atoms with Crippen molar-refractivity contribution >= 4 is 24.4 Å². The number of hydrogen-bond acceptors (Lipinski definition) is 3. The molecule has 13 heavy (non-hydrogen) atoms. The minimum Gasteiger partial charge on any atom is -0.352 e. The molecule has 0 spiro atoms. The van der Waals surface area contributed by atoms with Crippen LogP contribution in [-0.4, -0.2) is 42.1 Å². The molecule has 0 bridgehead atoms. The Balaban J connectivity index is 3.85. The summed E-state index contributed by atoms with van der Waals surface area (Å²) in [5.41, 5.74) is 0. The molecule has 0 aliphatic rings. The van der Waals surface area contributed by atoms with E-state index in [0.717, 1.165) is 0 Å². The molecular formula is C8H16N2O2S. The molecule has 0 aromatic carbocycles. The van der Waals surface area contributed by atoms with Gasteiger partial charge in [0.1, 0.15) is 0 Å². The second-order valence-corrected chi connectivity index (χ2v) is 3.45. The molecule has 4 nitrogen and oxygen atoms in total. The Morgan fingerprint density at radius 2 is 2.00 bits per heavy atom. The van der Waals surface area contributed by atoms with E-state index in [1.807, 2.05) is 13.8 Å². The first-order chi connectivity index (χ1) is 5.97. The van der Waals surface area contributed by atoms with Crippen LogP contribution in [0.2, 0.25) is 0 Å². The number of amides is 2. The molecule has 2 amide bonds.